The third-order valence-corrected chi connectivity index (χ3v) is 4.90. The number of rotatable bonds is 4. The largest absolute Gasteiger partial charge is 0.352 e. The maximum atomic E-state index is 11.8. The first-order chi connectivity index (χ1) is 8.34. The summed E-state index contributed by atoms with van der Waals surface area (Å²) >= 11 is 2.00. The summed E-state index contributed by atoms with van der Waals surface area (Å²) < 4.78 is 0. The van der Waals surface area contributed by atoms with Gasteiger partial charge < -0.3 is 10.6 Å². The summed E-state index contributed by atoms with van der Waals surface area (Å²) in [6, 6.07) is 0.990. The van der Waals surface area contributed by atoms with Crippen LogP contribution in [0.1, 0.15) is 44.9 Å². The summed E-state index contributed by atoms with van der Waals surface area (Å²) in [6.45, 7) is 0.502. The molecular weight excluding hydrogens is 232 g/mol. The highest BCUT2D eigenvalue weighted by molar-refractivity contribution is 7.99. The molecule has 2 aliphatic rings. The highest BCUT2D eigenvalue weighted by atomic mass is 32.2. The third kappa shape index (κ3) is 4.88. The van der Waals surface area contributed by atoms with Crippen molar-refractivity contribution < 1.29 is 4.79 Å². The van der Waals surface area contributed by atoms with Crippen molar-refractivity contribution in [1.82, 2.24) is 10.6 Å². The second-order valence-corrected chi connectivity index (χ2v) is 6.35. The van der Waals surface area contributed by atoms with Crippen LogP contribution >= 0.6 is 11.8 Å². The Kier molecular flexibility index (Phi) is 5.65. The maximum absolute atomic E-state index is 11.8. The molecule has 1 atom stereocenters. The van der Waals surface area contributed by atoms with Crippen LogP contribution in [0.25, 0.3) is 0 Å². The Morgan fingerprint density at radius 3 is 2.53 bits per heavy atom. The Bertz CT molecular complexity index is 236. The van der Waals surface area contributed by atoms with Gasteiger partial charge in [-0.3, -0.25) is 4.79 Å². The fourth-order valence-corrected chi connectivity index (χ4v) is 3.77. The zero-order valence-corrected chi connectivity index (χ0v) is 11.4. The quantitative estimate of drug-likeness (QED) is 0.807. The van der Waals surface area contributed by atoms with Crippen molar-refractivity contribution in [2.24, 2.45) is 0 Å². The van der Waals surface area contributed by atoms with Gasteiger partial charge in [0.05, 0.1) is 6.54 Å². The molecule has 0 aromatic carbocycles. The fourth-order valence-electron chi connectivity index (χ4n) is 2.66. The topological polar surface area (TPSA) is 41.1 Å². The van der Waals surface area contributed by atoms with Crippen LogP contribution in [0.15, 0.2) is 0 Å². The molecule has 0 bridgehead atoms. The summed E-state index contributed by atoms with van der Waals surface area (Å²) in [5.74, 6) is 2.64. The number of carbonyl (C=O) groups is 1. The summed E-state index contributed by atoms with van der Waals surface area (Å²) in [5, 5.41) is 6.53. The Balaban J connectivity index is 1.59. The zero-order chi connectivity index (χ0) is 11.9. The van der Waals surface area contributed by atoms with Crippen LogP contribution in [0.3, 0.4) is 0 Å². The van der Waals surface area contributed by atoms with Crippen molar-refractivity contribution in [3.05, 3.63) is 0 Å². The standard InChI is InChI=1S/C13H24N2OS/c16-13(15-11-5-2-1-3-6-11)9-14-12-7-4-8-17-10-12/h11-12,14H,1-10H2,(H,15,16). The van der Waals surface area contributed by atoms with Crippen LogP contribution in [0.5, 0.6) is 0 Å². The molecular formula is C13H24N2OS. The predicted molar refractivity (Wildman–Crippen MR) is 73.4 cm³/mol. The SMILES string of the molecule is O=C(CNC1CCCSC1)NC1CCCCC1. The second-order valence-electron chi connectivity index (χ2n) is 5.20. The molecule has 1 amide bonds. The lowest BCUT2D eigenvalue weighted by atomic mass is 9.95. The van der Waals surface area contributed by atoms with Crippen LogP contribution in [0, 0.1) is 0 Å². The number of carbonyl (C=O) groups excluding carboxylic acids is 1. The molecule has 1 aliphatic heterocycles. The van der Waals surface area contributed by atoms with E-state index in [0.717, 1.165) is 5.75 Å². The normalized spacial score (nSPS) is 26.7. The molecule has 0 aromatic rings. The monoisotopic (exact) mass is 256 g/mol. The molecule has 2 N–H and O–H groups in total. The van der Waals surface area contributed by atoms with Gasteiger partial charge in [-0.25, -0.2) is 0 Å². The van der Waals surface area contributed by atoms with Gasteiger partial charge in [0.2, 0.25) is 5.91 Å². The Morgan fingerprint density at radius 1 is 1.06 bits per heavy atom. The Labute approximate surface area is 108 Å². The minimum Gasteiger partial charge on any atom is -0.352 e. The van der Waals surface area contributed by atoms with Crippen LogP contribution in [-0.2, 0) is 4.79 Å². The molecule has 1 saturated carbocycles. The molecule has 1 aliphatic carbocycles. The molecule has 98 valence electrons. The molecule has 2 fully saturated rings. The highest BCUT2D eigenvalue weighted by Gasteiger charge is 2.17. The van der Waals surface area contributed by atoms with E-state index in [1.807, 2.05) is 11.8 Å². The highest BCUT2D eigenvalue weighted by Crippen LogP contribution is 2.18. The molecule has 1 heterocycles. The molecule has 1 unspecified atom stereocenters. The lowest BCUT2D eigenvalue weighted by Gasteiger charge is -2.25. The maximum Gasteiger partial charge on any atom is 0.234 e. The van der Waals surface area contributed by atoms with E-state index < -0.39 is 0 Å². The van der Waals surface area contributed by atoms with Gasteiger partial charge in [-0.2, -0.15) is 11.8 Å². The summed E-state index contributed by atoms with van der Waals surface area (Å²) in [5.41, 5.74) is 0. The smallest absolute Gasteiger partial charge is 0.234 e. The first-order valence-electron chi connectivity index (χ1n) is 6.95. The molecule has 4 heteroatoms. The van der Waals surface area contributed by atoms with Crippen molar-refractivity contribution >= 4 is 17.7 Å². The summed E-state index contributed by atoms with van der Waals surface area (Å²) in [6.07, 6.45) is 8.74. The van der Waals surface area contributed by atoms with Gasteiger partial charge >= 0.3 is 0 Å². The van der Waals surface area contributed by atoms with Crippen molar-refractivity contribution in [1.29, 1.82) is 0 Å². The van der Waals surface area contributed by atoms with E-state index >= 15 is 0 Å². The minimum atomic E-state index is 0.187. The van der Waals surface area contributed by atoms with Gasteiger partial charge in [-0.1, -0.05) is 19.3 Å². The van der Waals surface area contributed by atoms with E-state index in [0.29, 0.717) is 18.6 Å². The fraction of sp³-hybridized carbons (Fsp3) is 0.923. The van der Waals surface area contributed by atoms with Crippen molar-refractivity contribution in [2.45, 2.75) is 57.0 Å². The van der Waals surface area contributed by atoms with Crippen LogP contribution in [0.2, 0.25) is 0 Å². The predicted octanol–water partition coefficient (Wildman–Crippen LogP) is 1.92. The van der Waals surface area contributed by atoms with E-state index in [2.05, 4.69) is 10.6 Å². The van der Waals surface area contributed by atoms with Crippen molar-refractivity contribution in [2.75, 3.05) is 18.1 Å². The van der Waals surface area contributed by atoms with Crippen molar-refractivity contribution in [3.63, 3.8) is 0 Å². The van der Waals surface area contributed by atoms with Crippen LogP contribution in [0.4, 0.5) is 0 Å². The number of amides is 1. The number of hydrogen-bond acceptors (Lipinski definition) is 3. The number of thioether (sulfide) groups is 1. The first kappa shape index (κ1) is 13.2. The first-order valence-corrected chi connectivity index (χ1v) is 8.10. The Morgan fingerprint density at radius 2 is 1.82 bits per heavy atom. The Hall–Kier alpha value is -0.220. The second kappa shape index (κ2) is 7.27. The van der Waals surface area contributed by atoms with Gasteiger partial charge in [-0.05, 0) is 31.4 Å². The van der Waals surface area contributed by atoms with Gasteiger partial charge in [-0.15, -0.1) is 0 Å². The van der Waals surface area contributed by atoms with Crippen LogP contribution < -0.4 is 10.6 Å². The summed E-state index contributed by atoms with van der Waals surface area (Å²) in [4.78, 5) is 11.8. The zero-order valence-electron chi connectivity index (χ0n) is 10.5. The lowest BCUT2D eigenvalue weighted by Crippen LogP contribution is -2.45. The summed E-state index contributed by atoms with van der Waals surface area (Å²) in [7, 11) is 0. The number of nitrogens with one attached hydrogen (secondary N) is 2. The van der Waals surface area contributed by atoms with Gasteiger partial charge in [0, 0.05) is 17.8 Å². The van der Waals surface area contributed by atoms with E-state index in [1.165, 1.54) is 50.7 Å². The molecule has 3 nitrogen and oxygen atoms in total. The van der Waals surface area contributed by atoms with E-state index in [1.54, 1.807) is 0 Å². The molecule has 2 rings (SSSR count). The van der Waals surface area contributed by atoms with Gasteiger partial charge in [0.25, 0.3) is 0 Å². The molecule has 0 aromatic heterocycles. The lowest BCUT2D eigenvalue weighted by molar-refractivity contribution is -0.121. The number of hydrogen-bond donors (Lipinski definition) is 2. The van der Waals surface area contributed by atoms with E-state index in [-0.39, 0.29) is 5.91 Å². The molecule has 1 saturated heterocycles. The molecule has 0 spiro atoms. The van der Waals surface area contributed by atoms with Gasteiger partial charge in [0.15, 0.2) is 0 Å². The van der Waals surface area contributed by atoms with Gasteiger partial charge in [0.1, 0.15) is 0 Å². The molecule has 17 heavy (non-hydrogen) atoms. The minimum absolute atomic E-state index is 0.187. The van der Waals surface area contributed by atoms with E-state index in [4.69, 9.17) is 0 Å². The third-order valence-electron chi connectivity index (χ3n) is 3.68. The average molecular weight is 256 g/mol. The average Bonchev–Trinajstić information content (AvgIpc) is 2.39. The van der Waals surface area contributed by atoms with E-state index in [9.17, 15) is 4.79 Å². The van der Waals surface area contributed by atoms with Crippen LogP contribution in [-0.4, -0.2) is 36.0 Å². The molecule has 0 radical (unpaired) electrons. The van der Waals surface area contributed by atoms with Crippen molar-refractivity contribution in [3.8, 4) is 0 Å².